The van der Waals surface area contributed by atoms with E-state index in [1.807, 2.05) is 10.6 Å². The van der Waals surface area contributed by atoms with Gasteiger partial charge >= 0.3 is 0 Å². The molecule has 0 saturated heterocycles. The molecule has 6 heteroatoms. The minimum Gasteiger partial charge on any atom is -0.493 e. The Morgan fingerprint density at radius 3 is 2.89 bits per heavy atom. The van der Waals surface area contributed by atoms with E-state index in [1.165, 1.54) is 38.2 Å². The third-order valence-electron chi connectivity index (χ3n) is 5.33. The number of carbonyl (C=O) groups excluding carboxylic acids is 1. The Labute approximate surface area is 163 Å². The van der Waals surface area contributed by atoms with Crippen molar-refractivity contribution in [2.45, 2.75) is 38.6 Å². The molecular formula is C22H24FN3O2. The molecule has 0 aliphatic heterocycles. The van der Waals surface area contributed by atoms with Gasteiger partial charge in [-0.1, -0.05) is 19.3 Å². The molecule has 1 saturated carbocycles. The molecule has 1 fully saturated rings. The number of halogens is 1. The SMILES string of the molecule is O=C(NCc1cc(OCC2CCCCC2)ccc1F)c1ccn2ccnc2c1. The van der Waals surface area contributed by atoms with Crippen LogP contribution in [0.5, 0.6) is 5.75 Å². The topological polar surface area (TPSA) is 55.6 Å². The molecule has 3 aromatic rings. The number of imidazole rings is 1. The highest BCUT2D eigenvalue weighted by atomic mass is 19.1. The first kappa shape index (κ1) is 18.5. The number of ether oxygens (including phenoxy) is 1. The van der Waals surface area contributed by atoms with Crippen LogP contribution < -0.4 is 10.1 Å². The second-order valence-corrected chi connectivity index (χ2v) is 7.36. The predicted octanol–water partition coefficient (Wildman–Crippen LogP) is 4.36. The first-order chi connectivity index (χ1) is 13.7. The smallest absolute Gasteiger partial charge is 0.251 e. The van der Waals surface area contributed by atoms with Crippen molar-refractivity contribution in [1.82, 2.24) is 14.7 Å². The maximum absolute atomic E-state index is 14.2. The summed E-state index contributed by atoms with van der Waals surface area (Å²) in [6.07, 6.45) is 11.5. The fourth-order valence-corrected chi connectivity index (χ4v) is 3.67. The van der Waals surface area contributed by atoms with Gasteiger partial charge < -0.3 is 14.5 Å². The second kappa shape index (κ2) is 8.42. The summed E-state index contributed by atoms with van der Waals surface area (Å²) in [6, 6.07) is 8.14. The molecule has 1 aliphatic rings. The number of aromatic nitrogens is 2. The number of pyridine rings is 1. The summed E-state index contributed by atoms with van der Waals surface area (Å²) >= 11 is 0. The number of fused-ring (bicyclic) bond motifs is 1. The summed E-state index contributed by atoms with van der Waals surface area (Å²) in [5, 5.41) is 2.77. The third kappa shape index (κ3) is 4.32. The van der Waals surface area contributed by atoms with Crippen LogP contribution in [0.15, 0.2) is 48.9 Å². The van der Waals surface area contributed by atoms with E-state index in [0.29, 0.717) is 35.0 Å². The maximum atomic E-state index is 14.2. The fraction of sp³-hybridized carbons (Fsp3) is 0.364. The molecule has 1 aliphatic carbocycles. The number of hydrogen-bond donors (Lipinski definition) is 1. The Morgan fingerprint density at radius 2 is 2.04 bits per heavy atom. The highest BCUT2D eigenvalue weighted by molar-refractivity contribution is 5.94. The van der Waals surface area contributed by atoms with Gasteiger partial charge in [-0.25, -0.2) is 9.37 Å². The molecule has 28 heavy (non-hydrogen) atoms. The van der Waals surface area contributed by atoms with Crippen molar-refractivity contribution in [2.75, 3.05) is 6.61 Å². The molecule has 0 atom stereocenters. The number of nitrogens with one attached hydrogen (secondary N) is 1. The van der Waals surface area contributed by atoms with E-state index < -0.39 is 0 Å². The minimum atomic E-state index is -0.353. The predicted molar refractivity (Wildman–Crippen MR) is 105 cm³/mol. The molecule has 1 N–H and O–H groups in total. The normalized spacial score (nSPS) is 14.9. The van der Waals surface area contributed by atoms with Gasteiger partial charge in [0.05, 0.1) is 6.61 Å². The Morgan fingerprint density at radius 1 is 1.18 bits per heavy atom. The summed E-state index contributed by atoms with van der Waals surface area (Å²) in [6.45, 7) is 0.771. The maximum Gasteiger partial charge on any atom is 0.251 e. The van der Waals surface area contributed by atoms with Crippen molar-refractivity contribution in [3.05, 3.63) is 65.9 Å². The van der Waals surface area contributed by atoms with Crippen molar-refractivity contribution in [3.8, 4) is 5.75 Å². The Hall–Kier alpha value is -2.89. The second-order valence-electron chi connectivity index (χ2n) is 7.36. The zero-order chi connectivity index (χ0) is 19.3. The third-order valence-corrected chi connectivity index (χ3v) is 5.33. The molecule has 2 aromatic heterocycles. The molecule has 0 spiro atoms. The number of amides is 1. The zero-order valence-electron chi connectivity index (χ0n) is 15.7. The molecule has 0 bridgehead atoms. The first-order valence-corrected chi connectivity index (χ1v) is 9.81. The Bertz CT molecular complexity index is 963. The van der Waals surface area contributed by atoms with Crippen LogP contribution in [0, 0.1) is 11.7 Å². The van der Waals surface area contributed by atoms with Crippen molar-refractivity contribution in [3.63, 3.8) is 0 Å². The standard InChI is InChI=1S/C22H24FN3O2/c23-20-7-6-19(28-15-16-4-2-1-3-5-16)12-18(20)14-25-22(27)17-8-10-26-11-9-24-21(26)13-17/h6-13,16H,1-5,14-15H2,(H,25,27). The lowest BCUT2D eigenvalue weighted by Gasteiger charge is -2.21. The van der Waals surface area contributed by atoms with Crippen molar-refractivity contribution < 1.29 is 13.9 Å². The molecule has 2 heterocycles. The summed E-state index contributed by atoms with van der Waals surface area (Å²) in [5.41, 5.74) is 1.59. The summed E-state index contributed by atoms with van der Waals surface area (Å²) in [5.74, 6) is 0.613. The van der Waals surface area contributed by atoms with Gasteiger partial charge in [0, 0.05) is 36.3 Å². The number of nitrogens with zero attached hydrogens (tertiary/aromatic N) is 2. The lowest BCUT2D eigenvalue weighted by Crippen LogP contribution is -2.23. The van der Waals surface area contributed by atoms with Gasteiger partial charge in [-0.05, 0) is 49.1 Å². The van der Waals surface area contributed by atoms with Gasteiger partial charge in [-0.15, -0.1) is 0 Å². The molecule has 0 radical (unpaired) electrons. The van der Waals surface area contributed by atoms with Crippen LogP contribution in [0.3, 0.4) is 0 Å². The van der Waals surface area contributed by atoms with E-state index in [2.05, 4.69) is 10.3 Å². The highest BCUT2D eigenvalue weighted by Gasteiger charge is 2.15. The average Bonchev–Trinajstić information content (AvgIpc) is 3.20. The van der Waals surface area contributed by atoms with Gasteiger partial charge in [-0.2, -0.15) is 0 Å². The average molecular weight is 381 g/mol. The molecule has 1 aromatic carbocycles. The van der Waals surface area contributed by atoms with Gasteiger partial charge in [0.1, 0.15) is 17.2 Å². The summed E-state index contributed by atoms with van der Waals surface area (Å²) in [7, 11) is 0. The highest BCUT2D eigenvalue weighted by Crippen LogP contribution is 2.25. The van der Waals surface area contributed by atoms with Crippen molar-refractivity contribution in [1.29, 1.82) is 0 Å². The van der Waals surface area contributed by atoms with Crippen LogP contribution in [-0.2, 0) is 6.54 Å². The molecule has 5 nitrogen and oxygen atoms in total. The van der Waals surface area contributed by atoms with Crippen molar-refractivity contribution >= 4 is 11.6 Å². The van der Waals surface area contributed by atoms with Crippen molar-refractivity contribution in [2.24, 2.45) is 5.92 Å². The van der Waals surface area contributed by atoms with Crippen LogP contribution in [0.1, 0.15) is 48.0 Å². The van der Waals surface area contributed by atoms with Crippen LogP contribution in [0.4, 0.5) is 4.39 Å². The van der Waals surface area contributed by atoms with Gasteiger partial charge in [-0.3, -0.25) is 4.79 Å². The fourth-order valence-electron chi connectivity index (χ4n) is 3.67. The lowest BCUT2D eigenvalue weighted by atomic mass is 9.90. The Balaban J connectivity index is 1.37. The van der Waals surface area contributed by atoms with E-state index >= 15 is 0 Å². The number of benzene rings is 1. The molecule has 1 amide bonds. The summed E-state index contributed by atoms with van der Waals surface area (Å²) in [4.78, 5) is 16.6. The van der Waals surface area contributed by atoms with Gasteiger partial charge in [0.2, 0.25) is 0 Å². The molecule has 4 rings (SSSR count). The number of carbonyl (C=O) groups is 1. The van der Waals surface area contributed by atoms with E-state index in [1.54, 1.807) is 36.7 Å². The van der Waals surface area contributed by atoms with E-state index in [0.717, 1.165) is 0 Å². The lowest BCUT2D eigenvalue weighted by molar-refractivity contribution is 0.0950. The minimum absolute atomic E-state index is 0.102. The van der Waals surface area contributed by atoms with Crippen LogP contribution in [0.2, 0.25) is 0 Å². The van der Waals surface area contributed by atoms with Crippen LogP contribution in [0.25, 0.3) is 5.65 Å². The van der Waals surface area contributed by atoms with E-state index in [-0.39, 0.29) is 18.3 Å². The molecular weight excluding hydrogens is 357 g/mol. The molecule has 146 valence electrons. The van der Waals surface area contributed by atoms with E-state index in [4.69, 9.17) is 4.74 Å². The summed E-state index contributed by atoms with van der Waals surface area (Å²) < 4.78 is 21.9. The largest absolute Gasteiger partial charge is 0.493 e. The van der Waals surface area contributed by atoms with Gasteiger partial charge in [0.25, 0.3) is 5.91 Å². The zero-order valence-corrected chi connectivity index (χ0v) is 15.7. The van der Waals surface area contributed by atoms with Crippen LogP contribution in [-0.4, -0.2) is 21.9 Å². The van der Waals surface area contributed by atoms with Gasteiger partial charge in [0.15, 0.2) is 0 Å². The molecule has 0 unspecified atom stereocenters. The monoisotopic (exact) mass is 381 g/mol. The quantitative estimate of drug-likeness (QED) is 0.690. The number of hydrogen-bond acceptors (Lipinski definition) is 3. The van der Waals surface area contributed by atoms with Crippen LogP contribution >= 0.6 is 0 Å². The van der Waals surface area contributed by atoms with E-state index in [9.17, 15) is 9.18 Å². The Kier molecular flexibility index (Phi) is 5.55. The first-order valence-electron chi connectivity index (χ1n) is 9.81. The number of rotatable bonds is 6.